The molecular weight excluding hydrogens is 362 g/mol. The van der Waals surface area contributed by atoms with E-state index < -0.39 is 26.2 Å². The number of hydrogen-bond donors (Lipinski definition) is 2. The smallest absolute Gasteiger partial charge is 0.328 e. The Morgan fingerprint density at radius 1 is 1.26 bits per heavy atom. The van der Waals surface area contributed by atoms with Gasteiger partial charge in [0.2, 0.25) is 0 Å². The van der Waals surface area contributed by atoms with Gasteiger partial charge in [-0.25, -0.2) is 9.78 Å². The summed E-state index contributed by atoms with van der Waals surface area (Å²) in [6, 6.07) is 8.30. The lowest BCUT2D eigenvalue weighted by molar-refractivity contribution is -0.140. The number of imidazole rings is 1. The number of carbonyl (C=O) groups excluding carboxylic acids is 1. The van der Waals surface area contributed by atoms with Crippen molar-refractivity contribution >= 4 is 20.2 Å². The molecule has 27 heavy (non-hydrogen) atoms. The van der Waals surface area contributed by atoms with Gasteiger partial charge >= 0.3 is 5.97 Å². The maximum Gasteiger partial charge on any atom is 0.328 e. The molecule has 0 bridgehead atoms. The summed E-state index contributed by atoms with van der Waals surface area (Å²) >= 11 is 0. The van der Waals surface area contributed by atoms with E-state index in [2.05, 4.69) is 31.1 Å². The van der Waals surface area contributed by atoms with Crippen LogP contribution in [0.25, 0.3) is 5.69 Å². The van der Waals surface area contributed by atoms with Gasteiger partial charge in [0, 0.05) is 11.9 Å². The molecule has 1 heterocycles. The average Bonchev–Trinajstić information content (AvgIpc) is 3.08. The molecule has 0 aliphatic carbocycles. The SMILES string of the molecule is CC(C)(C)[Si](C)(C)OC[C@H](NC(=O)c1cn(-c2ccccc2)cn1)C(=O)O. The van der Waals surface area contributed by atoms with Crippen molar-refractivity contribution in [1.29, 1.82) is 0 Å². The highest BCUT2D eigenvalue weighted by Crippen LogP contribution is 2.36. The van der Waals surface area contributed by atoms with E-state index in [9.17, 15) is 14.7 Å². The second-order valence-electron chi connectivity index (χ2n) is 7.94. The molecule has 1 amide bonds. The molecule has 0 saturated heterocycles. The van der Waals surface area contributed by atoms with Crippen LogP contribution in [0.1, 0.15) is 31.3 Å². The van der Waals surface area contributed by atoms with Crippen molar-refractivity contribution in [3.63, 3.8) is 0 Å². The lowest BCUT2D eigenvalue weighted by atomic mass is 10.2. The van der Waals surface area contributed by atoms with Crippen LogP contribution < -0.4 is 5.32 Å². The van der Waals surface area contributed by atoms with Gasteiger partial charge in [-0.3, -0.25) is 4.79 Å². The zero-order valence-electron chi connectivity index (χ0n) is 16.4. The van der Waals surface area contributed by atoms with Gasteiger partial charge in [-0.15, -0.1) is 0 Å². The molecule has 0 spiro atoms. The Kier molecular flexibility index (Phi) is 6.22. The number of hydrogen-bond acceptors (Lipinski definition) is 4. The molecule has 7 nitrogen and oxygen atoms in total. The van der Waals surface area contributed by atoms with Crippen molar-refractivity contribution in [1.82, 2.24) is 14.9 Å². The summed E-state index contributed by atoms with van der Waals surface area (Å²) in [6.45, 7) is 10.2. The lowest BCUT2D eigenvalue weighted by Gasteiger charge is -2.36. The molecule has 0 saturated carbocycles. The molecule has 2 N–H and O–H groups in total. The standard InChI is InChI=1S/C19H27N3O4Si/c1-19(2,3)27(4,5)26-12-16(18(24)25)21-17(23)15-11-22(13-20-15)14-9-7-6-8-10-14/h6-11,13,16H,12H2,1-5H3,(H,21,23)(H,24,25)/t16-/m0/s1. The van der Waals surface area contributed by atoms with E-state index in [1.54, 1.807) is 10.8 Å². The number of para-hydroxylation sites is 1. The lowest BCUT2D eigenvalue weighted by Crippen LogP contribution is -2.49. The Bertz CT molecular complexity index is 797. The highest BCUT2D eigenvalue weighted by Gasteiger charge is 2.38. The first-order valence-electron chi connectivity index (χ1n) is 8.78. The first-order chi connectivity index (χ1) is 12.5. The Morgan fingerprint density at radius 3 is 2.44 bits per heavy atom. The minimum Gasteiger partial charge on any atom is -0.480 e. The quantitative estimate of drug-likeness (QED) is 0.710. The Balaban J connectivity index is 2.05. The summed E-state index contributed by atoms with van der Waals surface area (Å²) in [7, 11) is -2.12. The van der Waals surface area contributed by atoms with Gasteiger partial charge in [-0.05, 0) is 30.3 Å². The normalized spacial score (nSPS) is 13.2. The van der Waals surface area contributed by atoms with Crippen molar-refractivity contribution in [2.24, 2.45) is 0 Å². The fraction of sp³-hybridized carbons (Fsp3) is 0.421. The number of carboxylic acid groups (broad SMARTS) is 1. The van der Waals surface area contributed by atoms with Crippen LogP contribution in [0.15, 0.2) is 42.9 Å². The monoisotopic (exact) mass is 389 g/mol. The molecule has 0 aliphatic rings. The third kappa shape index (κ3) is 5.27. The molecule has 146 valence electrons. The van der Waals surface area contributed by atoms with Gasteiger partial charge in [0.1, 0.15) is 18.1 Å². The predicted octanol–water partition coefficient (Wildman–Crippen LogP) is 3.08. The van der Waals surface area contributed by atoms with Gasteiger partial charge in [0.15, 0.2) is 8.32 Å². The first kappa shape index (κ1) is 20.9. The van der Waals surface area contributed by atoms with Crippen LogP contribution in [0.3, 0.4) is 0 Å². The number of nitrogens with one attached hydrogen (secondary N) is 1. The number of amides is 1. The first-order valence-corrected chi connectivity index (χ1v) is 11.7. The summed E-state index contributed by atoms with van der Waals surface area (Å²) in [4.78, 5) is 28.1. The Labute approximate surface area is 160 Å². The van der Waals surface area contributed by atoms with Gasteiger partial charge in [-0.2, -0.15) is 0 Å². The van der Waals surface area contributed by atoms with Crippen molar-refractivity contribution in [2.75, 3.05) is 6.61 Å². The molecule has 2 rings (SSSR count). The maximum atomic E-state index is 12.4. The molecule has 0 radical (unpaired) electrons. The minimum absolute atomic E-state index is 0.0471. The molecule has 2 aromatic rings. The van der Waals surface area contributed by atoms with Gasteiger partial charge in [-0.1, -0.05) is 39.0 Å². The summed E-state index contributed by atoms with van der Waals surface area (Å²) in [6.07, 6.45) is 3.09. The maximum absolute atomic E-state index is 12.4. The molecule has 0 unspecified atom stereocenters. The van der Waals surface area contributed by atoms with Crippen LogP contribution in [-0.4, -0.2) is 47.5 Å². The largest absolute Gasteiger partial charge is 0.480 e. The topological polar surface area (TPSA) is 93.5 Å². The molecule has 8 heteroatoms. The van der Waals surface area contributed by atoms with Crippen molar-refractivity contribution < 1.29 is 19.1 Å². The Morgan fingerprint density at radius 2 is 1.89 bits per heavy atom. The summed E-state index contributed by atoms with van der Waals surface area (Å²) < 4.78 is 7.65. The third-order valence-electron chi connectivity index (χ3n) is 4.89. The molecule has 1 aromatic carbocycles. The fourth-order valence-electron chi connectivity index (χ4n) is 2.10. The van der Waals surface area contributed by atoms with Gasteiger partial charge in [0.25, 0.3) is 5.91 Å². The average molecular weight is 390 g/mol. The van der Waals surface area contributed by atoms with Crippen molar-refractivity contribution in [3.05, 3.63) is 48.5 Å². The molecule has 0 aliphatic heterocycles. The van der Waals surface area contributed by atoms with E-state index >= 15 is 0 Å². The highest BCUT2D eigenvalue weighted by molar-refractivity contribution is 6.74. The fourth-order valence-corrected chi connectivity index (χ4v) is 3.11. The van der Waals surface area contributed by atoms with Crippen LogP contribution in [0.5, 0.6) is 0 Å². The second-order valence-corrected chi connectivity index (χ2v) is 12.7. The summed E-state index contributed by atoms with van der Waals surface area (Å²) in [5.41, 5.74) is 1.01. The number of rotatable bonds is 7. The second kappa shape index (κ2) is 8.06. The van der Waals surface area contributed by atoms with Crippen molar-refractivity contribution in [2.45, 2.75) is 44.9 Å². The van der Waals surface area contributed by atoms with E-state index in [4.69, 9.17) is 4.43 Å². The van der Waals surface area contributed by atoms with E-state index in [-0.39, 0.29) is 17.3 Å². The zero-order valence-corrected chi connectivity index (χ0v) is 17.4. The van der Waals surface area contributed by atoms with E-state index in [0.717, 1.165) is 5.69 Å². The van der Waals surface area contributed by atoms with E-state index in [0.29, 0.717) is 0 Å². The number of nitrogens with zero attached hydrogens (tertiary/aromatic N) is 2. The van der Waals surface area contributed by atoms with E-state index in [1.807, 2.05) is 43.4 Å². The molecule has 0 fully saturated rings. The molecular formula is C19H27N3O4Si. The zero-order chi connectivity index (χ0) is 20.2. The molecule has 1 atom stereocenters. The highest BCUT2D eigenvalue weighted by atomic mass is 28.4. The van der Waals surface area contributed by atoms with Gasteiger partial charge < -0.3 is 19.4 Å². The minimum atomic E-state index is -2.12. The molecule has 1 aromatic heterocycles. The van der Waals surface area contributed by atoms with Crippen LogP contribution in [0.2, 0.25) is 18.1 Å². The van der Waals surface area contributed by atoms with Gasteiger partial charge in [0.05, 0.1) is 6.61 Å². The number of aromatic nitrogens is 2. The van der Waals surface area contributed by atoms with Crippen LogP contribution in [0.4, 0.5) is 0 Å². The Hall–Kier alpha value is -2.45. The number of benzene rings is 1. The van der Waals surface area contributed by atoms with E-state index in [1.165, 1.54) is 6.33 Å². The number of carbonyl (C=O) groups is 2. The summed E-state index contributed by atoms with van der Waals surface area (Å²) in [5.74, 6) is -1.68. The number of aliphatic carboxylic acids is 1. The predicted molar refractivity (Wildman–Crippen MR) is 106 cm³/mol. The van der Waals surface area contributed by atoms with Crippen molar-refractivity contribution in [3.8, 4) is 5.69 Å². The van der Waals surface area contributed by atoms with Crippen LogP contribution in [0, 0.1) is 0 Å². The number of carboxylic acids is 1. The van der Waals surface area contributed by atoms with Crippen LogP contribution >= 0.6 is 0 Å². The summed E-state index contributed by atoms with van der Waals surface area (Å²) in [5, 5.41) is 11.9. The third-order valence-corrected chi connectivity index (χ3v) is 9.39. The van der Waals surface area contributed by atoms with Crippen LogP contribution in [-0.2, 0) is 9.22 Å².